The summed E-state index contributed by atoms with van der Waals surface area (Å²) in [5, 5.41) is 6.89. The molecule has 1 atom stereocenters. The lowest BCUT2D eigenvalue weighted by molar-refractivity contribution is -0.139. The van der Waals surface area contributed by atoms with E-state index in [9.17, 15) is 9.59 Å². The predicted molar refractivity (Wildman–Crippen MR) is 129 cm³/mol. The van der Waals surface area contributed by atoms with E-state index in [0.717, 1.165) is 45.4 Å². The molecule has 1 N–H and O–H groups in total. The van der Waals surface area contributed by atoms with Crippen LogP contribution in [0.3, 0.4) is 0 Å². The summed E-state index contributed by atoms with van der Waals surface area (Å²) in [6.45, 7) is 4.36. The standard InChI is InChI=1S/C26H31N3O2.CH2O2/c30-25-16-23(20-6-2-1-3-7-20)18-29(25)19-26(31)27-14-11-24(12-15-27)28-13-10-21-8-4-5-9-22(21)17-28;2-1-3/h1-9,23-24H,10-19H2;1H,(H,2,3). The van der Waals surface area contributed by atoms with Gasteiger partial charge in [0.25, 0.3) is 6.47 Å². The van der Waals surface area contributed by atoms with Crippen LogP contribution in [0.1, 0.15) is 41.9 Å². The lowest BCUT2D eigenvalue weighted by atomic mass is 9.95. The summed E-state index contributed by atoms with van der Waals surface area (Å²) >= 11 is 0. The number of carbonyl (C=O) groups excluding carboxylic acids is 2. The Morgan fingerprint density at radius 1 is 0.971 bits per heavy atom. The van der Waals surface area contributed by atoms with Gasteiger partial charge in [-0.1, -0.05) is 54.6 Å². The molecule has 2 aromatic carbocycles. The monoisotopic (exact) mass is 463 g/mol. The van der Waals surface area contributed by atoms with Gasteiger partial charge in [0.1, 0.15) is 0 Å². The van der Waals surface area contributed by atoms with E-state index in [0.29, 0.717) is 19.0 Å². The van der Waals surface area contributed by atoms with Gasteiger partial charge in [-0.25, -0.2) is 0 Å². The molecular formula is C27H33N3O4. The molecule has 0 bridgehead atoms. The number of carbonyl (C=O) groups is 3. The summed E-state index contributed by atoms with van der Waals surface area (Å²) in [5.41, 5.74) is 4.12. The summed E-state index contributed by atoms with van der Waals surface area (Å²) in [6.07, 6.45) is 3.67. The van der Waals surface area contributed by atoms with Crippen molar-refractivity contribution in [3.63, 3.8) is 0 Å². The lowest BCUT2D eigenvalue weighted by Crippen LogP contribution is -2.50. The Labute approximate surface area is 201 Å². The lowest BCUT2D eigenvalue weighted by Gasteiger charge is -2.41. The Kier molecular flexibility index (Phi) is 7.95. The van der Waals surface area contributed by atoms with Crippen LogP contribution in [0.25, 0.3) is 0 Å². The van der Waals surface area contributed by atoms with Crippen LogP contribution in [0.15, 0.2) is 54.6 Å². The van der Waals surface area contributed by atoms with Gasteiger partial charge in [-0.2, -0.15) is 0 Å². The van der Waals surface area contributed by atoms with Gasteiger partial charge in [0.05, 0.1) is 6.54 Å². The first-order valence-electron chi connectivity index (χ1n) is 12.1. The van der Waals surface area contributed by atoms with Gasteiger partial charge >= 0.3 is 0 Å². The van der Waals surface area contributed by atoms with Gasteiger partial charge in [0.15, 0.2) is 0 Å². The fourth-order valence-electron chi connectivity index (χ4n) is 5.45. The number of amides is 2. The van der Waals surface area contributed by atoms with E-state index in [4.69, 9.17) is 9.90 Å². The SMILES string of the molecule is O=C(CN1CC(c2ccccc2)CC1=O)N1CCC(N2CCc3ccccc3C2)CC1.O=CO. The van der Waals surface area contributed by atoms with Gasteiger partial charge < -0.3 is 14.9 Å². The number of fused-ring (bicyclic) bond motifs is 1. The van der Waals surface area contributed by atoms with Crippen LogP contribution in [0.2, 0.25) is 0 Å². The van der Waals surface area contributed by atoms with Crippen molar-refractivity contribution < 1.29 is 19.5 Å². The van der Waals surface area contributed by atoms with Gasteiger partial charge in [-0.15, -0.1) is 0 Å². The number of hydrogen-bond donors (Lipinski definition) is 1. The molecule has 3 aliphatic rings. The Balaban J connectivity index is 0.000000868. The average Bonchev–Trinajstić information content (AvgIpc) is 3.25. The predicted octanol–water partition coefficient (Wildman–Crippen LogP) is 2.75. The second-order valence-corrected chi connectivity index (χ2v) is 9.29. The molecule has 7 heteroatoms. The molecule has 0 spiro atoms. The van der Waals surface area contributed by atoms with Gasteiger partial charge in [0, 0.05) is 51.1 Å². The number of rotatable bonds is 4. The fourth-order valence-corrected chi connectivity index (χ4v) is 5.45. The third-order valence-corrected chi connectivity index (χ3v) is 7.31. The zero-order valence-electron chi connectivity index (χ0n) is 19.5. The molecule has 1 unspecified atom stereocenters. The number of likely N-dealkylation sites (tertiary alicyclic amines) is 2. The first-order chi connectivity index (χ1) is 16.6. The molecule has 34 heavy (non-hydrogen) atoms. The van der Waals surface area contributed by atoms with Crippen LogP contribution in [0, 0.1) is 0 Å². The van der Waals surface area contributed by atoms with Crippen molar-refractivity contribution in [3.8, 4) is 0 Å². The summed E-state index contributed by atoms with van der Waals surface area (Å²) < 4.78 is 0. The highest BCUT2D eigenvalue weighted by molar-refractivity contribution is 5.86. The highest BCUT2D eigenvalue weighted by Crippen LogP contribution is 2.28. The molecule has 3 aliphatic heterocycles. The van der Waals surface area contributed by atoms with Crippen LogP contribution in [0.4, 0.5) is 0 Å². The van der Waals surface area contributed by atoms with E-state index in [2.05, 4.69) is 41.3 Å². The van der Waals surface area contributed by atoms with E-state index in [1.54, 1.807) is 4.90 Å². The van der Waals surface area contributed by atoms with Crippen molar-refractivity contribution in [2.45, 2.75) is 44.2 Å². The van der Waals surface area contributed by atoms with E-state index in [1.807, 2.05) is 23.1 Å². The van der Waals surface area contributed by atoms with Crippen molar-refractivity contribution in [2.75, 3.05) is 32.7 Å². The molecule has 5 rings (SSSR count). The summed E-state index contributed by atoms with van der Waals surface area (Å²) in [4.78, 5) is 40.1. The van der Waals surface area contributed by atoms with Crippen molar-refractivity contribution in [2.24, 2.45) is 0 Å². The molecule has 0 aromatic heterocycles. The molecule has 2 amide bonds. The first kappa shape index (κ1) is 24.0. The van der Waals surface area contributed by atoms with Crippen molar-refractivity contribution in [3.05, 3.63) is 71.3 Å². The summed E-state index contributed by atoms with van der Waals surface area (Å²) in [5.74, 6) is 0.405. The van der Waals surface area contributed by atoms with Crippen molar-refractivity contribution >= 4 is 18.3 Å². The minimum atomic E-state index is -0.250. The van der Waals surface area contributed by atoms with E-state index in [1.165, 1.54) is 16.7 Å². The molecule has 180 valence electrons. The third-order valence-electron chi connectivity index (χ3n) is 7.31. The maximum atomic E-state index is 12.9. The largest absolute Gasteiger partial charge is 0.483 e. The quantitative estimate of drug-likeness (QED) is 0.706. The molecule has 2 saturated heterocycles. The van der Waals surface area contributed by atoms with E-state index < -0.39 is 0 Å². The molecule has 3 heterocycles. The Hall–Kier alpha value is -3.19. The molecular weight excluding hydrogens is 430 g/mol. The number of nitrogens with zero attached hydrogens (tertiary/aromatic N) is 3. The van der Waals surface area contributed by atoms with Crippen LogP contribution in [-0.2, 0) is 27.3 Å². The minimum Gasteiger partial charge on any atom is -0.483 e. The zero-order valence-corrected chi connectivity index (χ0v) is 19.5. The highest BCUT2D eigenvalue weighted by atomic mass is 16.3. The highest BCUT2D eigenvalue weighted by Gasteiger charge is 2.34. The number of piperidine rings is 1. The fraction of sp³-hybridized carbons (Fsp3) is 0.444. The summed E-state index contributed by atoms with van der Waals surface area (Å²) in [6, 6.07) is 19.5. The molecule has 0 radical (unpaired) electrons. The molecule has 0 aliphatic carbocycles. The second-order valence-electron chi connectivity index (χ2n) is 9.29. The maximum Gasteiger partial charge on any atom is 0.290 e. The van der Waals surface area contributed by atoms with Crippen molar-refractivity contribution in [1.82, 2.24) is 14.7 Å². The summed E-state index contributed by atoms with van der Waals surface area (Å²) in [7, 11) is 0. The molecule has 0 saturated carbocycles. The molecule has 2 aromatic rings. The molecule has 7 nitrogen and oxygen atoms in total. The van der Waals surface area contributed by atoms with Crippen molar-refractivity contribution in [1.29, 1.82) is 0 Å². The van der Waals surface area contributed by atoms with E-state index >= 15 is 0 Å². The normalized spacial score (nSPS) is 20.9. The maximum absolute atomic E-state index is 12.9. The number of benzene rings is 2. The van der Waals surface area contributed by atoms with Crippen LogP contribution < -0.4 is 0 Å². The number of carboxylic acid groups (broad SMARTS) is 1. The third kappa shape index (κ3) is 5.65. The average molecular weight is 464 g/mol. The molecule has 2 fully saturated rings. The Morgan fingerprint density at radius 2 is 1.62 bits per heavy atom. The minimum absolute atomic E-state index is 0.101. The number of hydrogen-bond acceptors (Lipinski definition) is 4. The van der Waals surface area contributed by atoms with Gasteiger partial charge in [0.2, 0.25) is 11.8 Å². The smallest absolute Gasteiger partial charge is 0.290 e. The topological polar surface area (TPSA) is 81.2 Å². The van der Waals surface area contributed by atoms with Crippen LogP contribution in [0.5, 0.6) is 0 Å². The van der Waals surface area contributed by atoms with E-state index in [-0.39, 0.29) is 30.7 Å². The Morgan fingerprint density at radius 3 is 2.32 bits per heavy atom. The van der Waals surface area contributed by atoms with Gasteiger partial charge in [-0.05, 0) is 36.0 Å². The van der Waals surface area contributed by atoms with Gasteiger partial charge in [-0.3, -0.25) is 19.3 Å². The second kappa shape index (κ2) is 11.3. The van der Waals surface area contributed by atoms with Crippen LogP contribution >= 0.6 is 0 Å². The first-order valence-corrected chi connectivity index (χ1v) is 12.1. The Bertz CT molecular complexity index is 988. The zero-order chi connectivity index (χ0) is 23.9. The van der Waals surface area contributed by atoms with Crippen LogP contribution in [-0.4, -0.2) is 76.9 Å².